The van der Waals surface area contributed by atoms with Crippen molar-refractivity contribution in [1.29, 1.82) is 0 Å². The molecule has 1 aromatic rings. The lowest BCUT2D eigenvalue weighted by atomic mass is 9.33. The summed E-state index contributed by atoms with van der Waals surface area (Å²) < 4.78 is 0. The number of rotatable bonds is 1. The van der Waals surface area contributed by atoms with E-state index in [1.807, 2.05) is 6.92 Å². The maximum Gasteiger partial charge on any atom is 0.310 e. The normalized spacial score (nSPS) is 47.9. The van der Waals surface area contributed by atoms with E-state index in [1.165, 1.54) is 29.7 Å². The Morgan fingerprint density at radius 1 is 1.00 bits per heavy atom. The number of carboxylic acid groups (broad SMARTS) is 1. The first kappa shape index (κ1) is 25.6. The van der Waals surface area contributed by atoms with Crippen LogP contribution in [0.1, 0.15) is 110 Å². The van der Waals surface area contributed by atoms with E-state index in [9.17, 15) is 9.90 Å². The molecule has 0 aliphatic heterocycles. The maximum absolute atomic E-state index is 12.9. The van der Waals surface area contributed by atoms with Crippen molar-refractivity contribution in [1.82, 2.24) is 9.97 Å². The van der Waals surface area contributed by atoms with Crippen molar-refractivity contribution in [2.75, 3.05) is 0 Å². The zero-order valence-electron chi connectivity index (χ0n) is 24.4. The number of hydrogen-bond acceptors (Lipinski definition) is 3. The van der Waals surface area contributed by atoms with E-state index >= 15 is 0 Å². The van der Waals surface area contributed by atoms with Gasteiger partial charge in [0.2, 0.25) is 0 Å². The molecule has 0 saturated heterocycles. The van der Waals surface area contributed by atoms with Crippen molar-refractivity contribution in [3.05, 3.63) is 34.9 Å². The largest absolute Gasteiger partial charge is 0.481 e. The Hall–Kier alpha value is -1.71. The van der Waals surface area contributed by atoms with Crippen LogP contribution in [0.3, 0.4) is 0 Å². The Labute approximate surface area is 224 Å². The van der Waals surface area contributed by atoms with Gasteiger partial charge in [-0.1, -0.05) is 60.1 Å². The van der Waals surface area contributed by atoms with Crippen LogP contribution >= 0.6 is 0 Å². The van der Waals surface area contributed by atoms with Gasteiger partial charge in [0.25, 0.3) is 0 Å². The van der Waals surface area contributed by atoms with Crippen LogP contribution in [0, 0.1) is 58.2 Å². The molecule has 0 spiro atoms. The summed E-state index contributed by atoms with van der Waals surface area (Å²) in [7, 11) is 0. The van der Waals surface area contributed by atoms with Gasteiger partial charge in [-0.3, -0.25) is 4.79 Å². The number of aliphatic carboxylic acids is 1. The van der Waals surface area contributed by atoms with Crippen molar-refractivity contribution in [3.63, 3.8) is 0 Å². The first-order valence-corrected chi connectivity index (χ1v) is 15.0. The van der Waals surface area contributed by atoms with E-state index in [2.05, 4.69) is 65.7 Å². The summed E-state index contributed by atoms with van der Waals surface area (Å²) in [4.78, 5) is 22.5. The minimum absolute atomic E-state index is 0.0284. The Morgan fingerprint density at radius 3 is 2.43 bits per heavy atom. The van der Waals surface area contributed by atoms with Gasteiger partial charge < -0.3 is 5.11 Å². The number of carboxylic acids is 1. The number of nitrogens with zero attached hydrogens (tertiary/aromatic N) is 2. The molecule has 9 atom stereocenters. The molecule has 0 bridgehead atoms. The van der Waals surface area contributed by atoms with Gasteiger partial charge in [-0.05, 0) is 110 Å². The SMILES string of the molecule is Cc1ncc2c(n1)C(C)(C)[C@@H]1CC[C@]3(C)[C@H](CC=C4[C@@H]5[C@@H](C)[C@H](C)CC[C@]5(C(=O)O)CC[C@]43C)[C@@]1(C)C2. The molecule has 1 heterocycles. The van der Waals surface area contributed by atoms with Crippen molar-refractivity contribution >= 4 is 5.97 Å². The standard InChI is InChI=1S/C33H48N2O2/c1-19-11-14-33(28(36)37)16-15-31(7)23(26(33)20(19)2)9-10-25-30(6)17-22-18-34-21(3)35-27(22)29(4,5)24(30)12-13-32(25,31)8/h9,18-20,24-26H,10-17H2,1-8H3,(H,36,37)/t19-,20+,24+,25-,26+,30+,31-,32-,33+/m1/s1. The molecular weight excluding hydrogens is 456 g/mol. The molecule has 4 nitrogen and oxygen atoms in total. The highest BCUT2D eigenvalue weighted by molar-refractivity contribution is 5.76. The Kier molecular flexibility index (Phi) is 5.31. The zero-order chi connectivity index (χ0) is 26.8. The lowest BCUT2D eigenvalue weighted by Gasteiger charge is -2.70. The second-order valence-corrected chi connectivity index (χ2v) is 15.3. The molecule has 1 N–H and O–H groups in total. The van der Waals surface area contributed by atoms with Crippen LogP contribution in [0.2, 0.25) is 0 Å². The van der Waals surface area contributed by atoms with Gasteiger partial charge in [-0.2, -0.15) is 0 Å². The first-order chi connectivity index (χ1) is 17.2. The minimum atomic E-state index is -0.567. The molecule has 6 rings (SSSR count). The van der Waals surface area contributed by atoms with Crippen LogP contribution in [-0.2, 0) is 16.6 Å². The van der Waals surface area contributed by atoms with Gasteiger partial charge in [-0.25, -0.2) is 9.97 Å². The molecule has 5 aliphatic carbocycles. The summed E-state index contributed by atoms with van der Waals surface area (Å²) in [6.45, 7) is 19.3. The molecule has 0 amide bonds. The van der Waals surface area contributed by atoms with E-state index in [4.69, 9.17) is 4.98 Å². The molecule has 0 unspecified atom stereocenters. The van der Waals surface area contributed by atoms with Crippen molar-refractivity contribution in [3.8, 4) is 0 Å². The predicted octanol–water partition coefficient (Wildman–Crippen LogP) is 7.54. The molecule has 37 heavy (non-hydrogen) atoms. The maximum atomic E-state index is 12.9. The highest BCUT2D eigenvalue weighted by Gasteiger charge is 2.69. The fourth-order valence-corrected chi connectivity index (χ4v) is 11.4. The Morgan fingerprint density at radius 2 is 1.73 bits per heavy atom. The number of fused-ring (bicyclic) bond motifs is 8. The number of aromatic nitrogens is 2. The number of allylic oxidation sites excluding steroid dienone is 2. The second kappa shape index (κ2) is 7.69. The molecule has 5 aliphatic rings. The molecule has 4 heteroatoms. The molecule has 1 aromatic heterocycles. The van der Waals surface area contributed by atoms with Gasteiger partial charge in [0, 0.05) is 11.6 Å². The summed E-state index contributed by atoms with van der Waals surface area (Å²) in [6, 6.07) is 0. The molecule has 3 fully saturated rings. The lowest BCUT2D eigenvalue weighted by Crippen LogP contribution is -2.65. The molecule has 3 saturated carbocycles. The molecule has 202 valence electrons. The number of aryl methyl sites for hydroxylation is 1. The van der Waals surface area contributed by atoms with Crippen LogP contribution in [0.15, 0.2) is 17.8 Å². The summed E-state index contributed by atoms with van der Waals surface area (Å²) in [5.74, 6) is 2.69. The van der Waals surface area contributed by atoms with Gasteiger partial charge in [0.1, 0.15) is 5.82 Å². The van der Waals surface area contributed by atoms with Gasteiger partial charge in [-0.15, -0.1) is 0 Å². The van der Waals surface area contributed by atoms with Gasteiger partial charge >= 0.3 is 5.97 Å². The Balaban J connectivity index is 1.48. The average molecular weight is 505 g/mol. The predicted molar refractivity (Wildman–Crippen MR) is 147 cm³/mol. The number of carbonyl (C=O) groups is 1. The smallest absolute Gasteiger partial charge is 0.310 e. The van der Waals surface area contributed by atoms with Crippen molar-refractivity contribution in [2.45, 2.75) is 112 Å². The quantitative estimate of drug-likeness (QED) is 0.401. The highest BCUT2D eigenvalue weighted by Crippen LogP contribution is 2.75. The van der Waals surface area contributed by atoms with Gasteiger partial charge in [0.05, 0.1) is 11.1 Å². The minimum Gasteiger partial charge on any atom is -0.481 e. The van der Waals surface area contributed by atoms with E-state index in [-0.39, 0.29) is 27.6 Å². The third-order valence-corrected chi connectivity index (χ3v) is 13.7. The summed E-state index contributed by atoms with van der Waals surface area (Å²) in [5, 5.41) is 10.6. The molecule has 0 aromatic carbocycles. The van der Waals surface area contributed by atoms with E-state index in [0.717, 1.165) is 44.3 Å². The third kappa shape index (κ3) is 2.99. The summed E-state index contributed by atoms with van der Waals surface area (Å²) in [5.41, 5.74) is 4.03. The van der Waals surface area contributed by atoms with Gasteiger partial charge in [0.15, 0.2) is 0 Å². The van der Waals surface area contributed by atoms with Crippen LogP contribution < -0.4 is 0 Å². The lowest BCUT2D eigenvalue weighted by molar-refractivity contribution is -0.179. The van der Waals surface area contributed by atoms with Crippen molar-refractivity contribution in [2.24, 2.45) is 51.2 Å². The Bertz CT molecular complexity index is 1190. The first-order valence-electron chi connectivity index (χ1n) is 15.0. The van der Waals surface area contributed by atoms with E-state index < -0.39 is 11.4 Å². The fourth-order valence-electron chi connectivity index (χ4n) is 11.4. The molecule has 0 radical (unpaired) electrons. The van der Waals surface area contributed by atoms with Crippen LogP contribution in [0.4, 0.5) is 0 Å². The molecular formula is C33H48N2O2. The summed E-state index contributed by atoms with van der Waals surface area (Å²) in [6.07, 6.45) is 13.0. The van der Waals surface area contributed by atoms with E-state index in [0.29, 0.717) is 23.7 Å². The fraction of sp³-hybridized carbons (Fsp3) is 0.788. The van der Waals surface area contributed by atoms with Crippen LogP contribution in [0.25, 0.3) is 0 Å². The number of hydrogen-bond donors (Lipinski definition) is 1. The second-order valence-electron chi connectivity index (χ2n) is 15.3. The monoisotopic (exact) mass is 504 g/mol. The summed E-state index contributed by atoms with van der Waals surface area (Å²) >= 11 is 0. The third-order valence-electron chi connectivity index (χ3n) is 13.7. The van der Waals surface area contributed by atoms with Crippen LogP contribution in [0.5, 0.6) is 0 Å². The zero-order valence-corrected chi connectivity index (χ0v) is 24.4. The topological polar surface area (TPSA) is 63.1 Å². The average Bonchev–Trinajstić information content (AvgIpc) is 2.82. The van der Waals surface area contributed by atoms with Crippen LogP contribution in [-0.4, -0.2) is 21.0 Å². The van der Waals surface area contributed by atoms with Crippen molar-refractivity contribution < 1.29 is 9.90 Å². The highest BCUT2D eigenvalue weighted by atomic mass is 16.4. The van der Waals surface area contributed by atoms with E-state index in [1.54, 1.807) is 0 Å².